The van der Waals surface area contributed by atoms with Gasteiger partial charge in [0.2, 0.25) is 5.88 Å². The van der Waals surface area contributed by atoms with Crippen molar-refractivity contribution in [2.45, 2.75) is 33.1 Å². The number of para-hydroxylation sites is 1. The molecule has 110 valence electrons. The minimum Gasteiger partial charge on any atom is -0.438 e. The average Bonchev–Trinajstić information content (AvgIpc) is 2.46. The third kappa shape index (κ3) is 3.39. The Morgan fingerprint density at radius 1 is 1.33 bits per heavy atom. The molecule has 0 amide bonds. The van der Waals surface area contributed by atoms with Gasteiger partial charge in [-0.25, -0.2) is 4.98 Å². The summed E-state index contributed by atoms with van der Waals surface area (Å²) in [7, 11) is 0. The largest absolute Gasteiger partial charge is 0.438 e. The highest BCUT2D eigenvalue weighted by Gasteiger charge is 2.15. The standard InChI is InChI=1S/C17H20N2OS/c1-4-11(2)13-7-5-6-8-14(13)20-17-15(16(18)21)12(3)9-10-19-17/h5-11H,4H2,1-3H3,(H2,18,21). The molecule has 2 aromatic rings. The molecule has 4 heteroatoms. The normalized spacial score (nSPS) is 12.0. The molecule has 21 heavy (non-hydrogen) atoms. The number of hydrogen-bond donors (Lipinski definition) is 1. The lowest BCUT2D eigenvalue weighted by molar-refractivity contribution is 0.450. The summed E-state index contributed by atoms with van der Waals surface area (Å²) < 4.78 is 6.03. The predicted octanol–water partition coefficient (Wildman–Crippen LogP) is 4.33. The maximum absolute atomic E-state index is 6.03. The van der Waals surface area contributed by atoms with Crippen LogP contribution < -0.4 is 10.5 Å². The van der Waals surface area contributed by atoms with E-state index in [-0.39, 0.29) is 0 Å². The molecule has 0 aliphatic carbocycles. The summed E-state index contributed by atoms with van der Waals surface area (Å²) in [6.07, 6.45) is 2.75. The van der Waals surface area contributed by atoms with Gasteiger partial charge >= 0.3 is 0 Å². The van der Waals surface area contributed by atoms with Crippen LogP contribution in [0.5, 0.6) is 11.6 Å². The van der Waals surface area contributed by atoms with Gasteiger partial charge in [-0.15, -0.1) is 0 Å². The van der Waals surface area contributed by atoms with Crippen molar-refractivity contribution in [1.29, 1.82) is 0 Å². The molecule has 0 fully saturated rings. The number of benzene rings is 1. The second-order valence-electron chi connectivity index (χ2n) is 5.12. The number of nitrogens with two attached hydrogens (primary N) is 1. The van der Waals surface area contributed by atoms with Crippen LogP contribution in [0.25, 0.3) is 0 Å². The van der Waals surface area contributed by atoms with Crippen molar-refractivity contribution in [2.75, 3.05) is 0 Å². The maximum atomic E-state index is 6.03. The molecule has 0 bridgehead atoms. The van der Waals surface area contributed by atoms with Crippen molar-refractivity contribution in [3.05, 3.63) is 53.2 Å². The fourth-order valence-corrected chi connectivity index (χ4v) is 2.46. The Hall–Kier alpha value is -1.94. The van der Waals surface area contributed by atoms with Crippen LogP contribution >= 0.6 is 12.2 Å². The molecule has 0 aliphatic rings. The topological polar surface area (TPSA) is 48.1 Å². The zero-order valence-corrected chi connectivity index (χ0v) is 13.4. The number of pyridine rings is 1. The van der Waals surface area contributed by atoms with Crippen molar-refractivity contribution in [1.82, 2.24) is 4.98 Å². The Morgan fingerprint density at radius 2 is 2.05 bits per heavy atom. The number of thiocarbonyl (C=S) groups is 1. The summed E-state index contributed by atoms with van der Waals surface area (Å²) in [5.41, 5.74) is 8.64. The van der Waals surface area contributed by atoms with E-state index in [9.17, 15) is 0 Å². The van der Waals surface area contributed by atoms with Gasteiger partial charge in [-0.3, -0.25) is 0 Å². The quantitative estimate of drug-likeness (QED) is 0.835. The van der Waals surface area contributed by atoms with E-state index in [2.05, 4.69) is 24.9 Å². The lowest BCUT2D eigenvalue weighted by Gasteiger charge is -2.17. The van der Waals surface area contributed by atoms with Crippen LogP contribution in [0.15, 0.2) is 36.5 Å². The highest BCUT2D eigenvalue weighted by Crippen LogP contribution is 2.33. The van der Waals surface area contributed by atoms with Crippen LogP contribution in [0.3, 0.4) is 0 Å². The second kappa shape index (κ2) is 6.68. The Bertz CT molecular complexity index is 655. The lowest BCUT2D eigenvalue weighted by Crippen LogP contribution is -2.13. The van der Waals surface area contributed by atoms with Gasteiger partial charge in [0.05, 0.1) is 5.56 Å². The Morgan fingerprint density at radius 3 is 2.71 bits per heavy atom. The maximum Gasteiger partial charge on any atom is 0.229 e. The first kappa shape index (κ1) is 15.4. The minimum absolute atomic E-state index is 0.302. The van der Waals surface area contributed by atoms with E-state index >= 15 is 0 Å². The van der Waals surface area contributed by atoms with Crippen LogP contribution in [-0.2, 0) is 0 Å². The number of aryl methyl sites for hydroxylation is 1. The molecule has 1 unspecified atom stereocenters. The third-order valence-electron chi connectivity index (χ3n) is 3.64. The van der Waals surface area contributed by atoms with E-state index < -0.39 is 0 Å². The molecule has 2 N–H and O–H groups in total. The monoisotopic (exact) mass is 300 g/mol. The van der Waals surface area contributed by atoms with Gasteiger partial charge < -0.3 is 10.5 Å². The van der Waals surface area contributed by atoms with Crippen LogP contribution in [0.4, 0.5) is 0 Å². The molecule has 0 aliphatic heterocycles. The fraction of sp³-hybridized carbons (Fsp3) is 0.294. The van der Waals surface area contributed by atoms with Gasteiger partial charge in [0.1, 0.15) is 10.7 Å². The second-order valence-corrected chi connectivity index (χ2v) is 5.56. The van der Waals surface area contributed by atoms with E-state index in [0.29, 0.717) is 22.3 Å². The molecule has 1 atom stereocenters. The third-order valence-corrected chi connectivity index (χ3v) is 3.84. The highest BCUT2D eigenvalue weighted by atomic mass is 32.1. The van der Waals surface area contributed by atoms with E-state index in [1.165, 1.54) is 0 Å². The summed E-state index contributed by atoms with van der Waals surface area (Å²) in [4.78, 5) is 4.60. The molecule has 0 spiro atoms. The van der Waals surface area contributed by atoms with E-state index in [4.69, 9.17) is 22.7 Å². The van der Waals surface area contributed by atoms with Gasteiger partial charge in [-0.2, -0.15) is 0 Å². The SMILES string of the molecule is CCC(C)c1ccccc1Oc1nccc(C)c1C(N)=S. The molecule has 0 saturated carbocycles. The number of hydrogen-bond acceptors (Lipinski definition) is 3. The minimum atomic E-state index is 0.302. The summed E-state index contributed by atoms with van der Waals surface area (Å²) in [6, 6.07) is 9.89. The Kier molecular flexibility index (Phi) is 4.91. The van der Waals surface area contributed by atoms with Crippen molar-refractivity contribution in [2.24, 2.45) is 5.73 Å². The van der Waals surface area contributed by atoms with Crippen molar-refractivity contribution in [3.8, 4) is 11.6 Å². The highest BCUT2D eigenvalue weighted by molar-refractivity contribution is 7.80. The van der Waals surface area contributed by atoms with Crippen LogP contribution in [-0.4, -0.2) is 9.97 Å². The van der Waals surface area contributed by atoms with Gasteiger partial charge in [-0.1, -0.05) is 44.3 Å². The number of aromatic nitrogens is 1. The molecule has 1 aromatic carbocycles. The summed E-state index contributed by atoms with van der Waals surface area (Å²) in [6.45, 7) is 6.29. The van der Waals surface area contributed by atoms with E-state index in [1.54, 1.807) is 6.20 Å². The smallest absolute Gasteiger partial charge is 0.229 e. The van der Waals surface area contributed by atoms with E-state index in [0.717, 1.165) is 23.3 Å². The predicted molar refractivity (Wildman–Crippen MR) is 90.1 cm³/mol. The summed E-state index contributed by atoms with van der Waals surface area (Å²) in [5, 5.41) is 0. The molecule has 1 heterocycles. The van der Waals surface area contributed by atoms with Gasteiger partial charge in [-0.05, 0) is 42.5 Å². The summed E-state index contributed by atoms with van der Waals surface area (Å²) >= 11 is 5.12. The lowest BCUT2D eigenvalue weighted by atomic mass is 9.98. The fourth-order valence-electron chi connectivity index (χ4n) is 2.22. The zero-order valence-electron chi connectivity index (χ0n) is 12.6. The molecule has 0 radical (unpaired) electrons. The first-order valence-electron chi connectivity index (χ1n) is 7.06. The molecule has 0 saturated heterocycles. The van der Waals surface area contributed by atoms with Crippen LogP contribution in [0, 0.1) is 6.92 Å². The van der Waals surface area contributed by atoms with E-state index in [1.807, 2.05) is 31.2 Å². The average molecular weight is 300 g/mol. The molecule has 2 rings (SSSR count). The van der Waals surface area contributed by atoms with Gasteiger partial charge in [0.15, 0.2) is 0 Å². The summed E-state index contributed by atoms with van der Waals surface area (Å²) in [5.74, 6) is 1.69. The number of ether oxygens (including phenoxy) is 1. The van der Waals surface area contributed by atoms with Gasteiger partial charge in [0, 0.05) is 6.20 Å². The number of rotatable bonds is 5. The molecular weight excluding hydrogens is 280 g/mol. The first-order valence-corrected chi connectivity index (χ1v) is 7.47. The molecule has 1 aromatic heterocycles. The van der Waals surface area contributed by atoms with Crippen LogP contribution in [0.2, 0.25) is 0 Å². The van der Waals surface area contributed by atoms with Crippen LogP contribution in [0.1, 0.15) is 42.9 Å². The number of nitrogens with zero attached hydrogens (tertiary/aromatic N) is 1. The van der Waals surface area contributed by atoms with Crippen molar-refractivity contribution in [3.63, 3.8) is 0 Å². The zero-order chi connectivity index (χ0) is 15.4. The van der Waals surface area contributed by atoms with Gasteiger partial charge in [0.25, 0.3) is 0 Å². The first-order chi connectivity index (χ1) is 10.0. The molecule has 3 nitrogen and oxygen atoms in total. The van der Waals surface area contributed by atoms with Crippen molar-refractivity contribution < 1.29 is 4.74 Å². The molecular formula is C17H20N2OS. The van der Waals surface area contributed by atoms with Crippen molar-refractivity contribution >= 4 is 17.2 Å². The Balaban J connectivity index is 2.44. The Labute approximate surface area is 131 Å².